The summed E-state index contributed by atoms with van der Waals surface area (Å²) in [5.74, 6) is 0.0314. The summed E-state index contributed by atoms with van der Waals surface area (Å²) >= 11 is 0. The zero-order valence-corrected chi connectivity index (χ0v) is 8.43. The van der Waals surface area contributed by atoms with Crippen molar-refractivity contribution >= 4 is 5.78 Å². The number of aliphatic hydroxyl groups excluding tert-OH is 1. The molecular formula is C10H12O5. The van der Waals surface area contributed by atoms with Crippen LogP contribution in [0.25, 0.3) is 0 Å². The first-order chi connectivity index (χ1) is 7.08. The molecule has 1 rings (SSSR count). The van der Waals surface area contributed by atoms with Crippen LogP contribution in [0.1, 0.15) is 10.4 Å². The Kier molecular flexibility index (Phi) is 3.65. The topological polar surface area (TPSA) is 76.0 Å². The van der Waals surface area contributed by atoms with E-state index in [9.17, 15) is 4.79 Å². The van der Waals surface area contributed by atoms with Crippen molar-refractivity contribution in [3.8, 4) is 11.5 Å². The molecule has 15 heavy (non-hydrogen) atoms. The van der Waals surface area contributed by atoms with E-state index in [0.29, 0.717) is 11.5 Å². The Balaban J connectivity index is 3.12. The van der Waals surface area contributed by atoms with Gasteiger partial charge in [0, 0.05) is 11.6 Å². The highest BCUT2D eigenvalue weighted by Gasteiger charge is 2.15. The van der Waals surface area contributed by atoms with E-state index in [1.54, 1.807) is 6.07 Å². The molecule has 0 fully saturated rings. The molecule has 1 aromatic carbocycles. The van der Waals surface area contributed by atoms with Gasteiger partial charge in [0.25, 0.3) is 0 Å². The minimum Gasteiger partial charge on any atom is -0.497 e. The molecule has 0 saturated heterocycles. The van der Waals surface area contributed by atoms with Crippen LogP contribution in [-0.2, 0) is 0 Å². The summed E-state index contributed by atoms with van der Waals surface area (Å²) in [6.07, 6.45) is -2.03. The maximum atomic E-state index is 11.3. The number of carbonyl (C=O) groups excluding carboxylic acids is 1. The third kappa shape index (κ3) is 2.68. The predicted octanol–water partition coefficient (Wildman–Crippen LogP) is 0.197. The van der Waals surface area contributed by atoms with E-state index in [0.717, 1.165) is 0 Å². The lowest BCUT2D eigenvalue weighted by molar-refractivity contribution is -0.0195. The zero-order chi connectivity index (χ0) is 11.4. The molecule has 0 unspecified atom stereocenters. The number of carbonyl (C=O) groups is 1. The number of rotatable bonds is 4. The molecule has 0 aliphatic carbocycles. The van der Waals surface area contributed by atoms with Gasteiger partial charge in [0.05, 0.1) is 14.2 Å². The van der Waals surface area contributed by atoms with E-state index in [-0.39, 0.29) is 5.56 Å². The fraction of sp³-hybridized carbons (Fsp3) is 0.300. The van der Waals surface area contributed by atoms with Crippen LogP contribution < -0.4 is 9.47 Å². The summed E-state index contributed by atoms with van der Waals surface area (Å²) < 4.78 is 9.86. The third-order valence-corrected chi connectivity index (χ3v) is 1.87. The second kappa shape index (κ2) is 4.77. The van der Waals surface area contributed by atoms with Crippen molar-refractivity contribution in [2.75, 3.05) is 14.2 Å². The summed E-state index contributed by atoms with van der Waals surface area (Å²) in [4.78, 5) is 11.3. The largest absolute Gasteiger partial charge is 0.497 e. The number of Topliss-reactive ketones (excluding diaryl/α,β-unsaturated/α-hetero) is 1. The molecule has 0 amide bonds. The van der Waals surface area contributed by atoms with Crippen LogP contribution in [0.15, 0.2) is 18.2 Å². The molecule has 0 aromatic heterocycles. The highest BCUT2D eigenvalue weighted by molar-refractivity contribution is 5.99. The molecule has 0 bridgehead atoms. The fourth-order valence-corrected chi connectivity index (χ4v) is 1.10. The molecule has 5 heteroatoms. The van der Waals surface area contributed by atoms with Gasteiger partial charge in [-0.15, -0.1) is 0 Å². The minimum absolute atomic E-state index is 0.126. The van der Waals surface area contributed by atoms with E-state index < -0.39 is 12.1 Å². The van der Waals surface area contributed by atoms with Crippen LogP contribution in [0.5, 0.6) is 11.5 Å². The summed E-state index contributed by atoms with van der Waals surface area (Å²) in [5.41, 5.74) is 0.126. The molecule has 1 aromatic rings. The third-order valence-electron chi connectivity index (χ3n) is 1.87. The lowest BCUT2D eigenvalue weighted by Crippen LogP contribution is -2.19. The van der Waals surface area contributed by atoms with Gasteiger partial charge in [0.15, 0.2) is 0 Å². The van der Waals surface area contributed by atoms with Crippen molar-refractivity contribution in [3.05, 3.63) is 23.8 Å². The Labute approximate surface area is 86.9 Å². The van der Waals surface area contributed by atoms with Crippen LogP contribution in [0.4, 0.5) is 0 Å². The molecular weight excluding hydrogens is 200 g/mol. The SMILES string of the molecule is COc1cc(OC)cc(C(=O)C(O)O)c1. The molecule has 0 saturated carbocycles. The molecule has 5 nitrogen and oxygen atoms in total. The molecule has 2 N–H and O–H groups in total. The second-order valence-electron chi connectivity index (χ2n) is 2.84. The summed E-state index contributed by atoms with van der Waals surface area (Å²) in [7, 11) is 2.89. The molecule has 0 atom stereocenters. The van der Waals surface area contributed by atoms with Crippen molar-refractivity contribution in [1.82, 2.24) is 0 Å². The summed E-state index contributed by atoms with van der Waals surface area (Å²) in [6, 6.07) is 4.40. The van der Waals surface area contributed by atoms with Crippen molar-refractivity contribution in [3.63, 3.8) is 0 Å². The van der Waals surface area contributed by atoms with E-state index in [4.69, 9.17) is 19.7 Å². The maximum absolute atomic E-state index is 11.3. The Morgan fingerprint density at radius 1 is 1.13 bits per heavy atom. The first-order valence-electron chi connectivity index (χ1n) is 4.22. The van der Waals surface area contributed by atoms with Crippen molar-refractivity contribution < 1.29 is 24.5 Å². The van der Waals surface area contributed by atoms with Gasteiger partial charge in [-0.05, 0) is 12.1 Å². The van der Waals surface area contributed by atoms with Crippen molar-refractivity contribution in [1.29, 1.82) is 0 Å². The number of ketones is 1. The van der Waals surface area contributed by atoms with Crippen LogP contribution >= 0.6 is 0 Å². The number of methoxy groups -OCH3 is 2. The van der Waals surface area contributed by atoms with Gasteiger partial charge in [0.1, 0.15) is 11.5 Å². The number of aliphatic hydroxyl groups is 2. The van der Waals surface area contributed by atoms with Gasteiger partial charge >= 0.3 is 0 Å². The van der Waals surface area contributed by atoms with Gasteiger partial charge in [-0.1, -0.05) is 0 Å². The standard InChI is InChI=1S/C10H12O5/c1-14-7-3-6(9(11)10(12)13)4-8(5-7)15-2/h3-5,10,12-13H,1-2H3. The minimum atomic E-state index is -2.03. The average molecular weight is 212 g/mol. The van der Waals surface area contributed by atoms with Crippen LogP contribution in [0.2, 0.25) is 0 Å². The normalized spacial score (nSPS) is 10.2. The number of hydrogen-bond donors (Lipinski definition) is 2. The van der Waals surface area contributed by atoms with Crippen molar-refractivity contribution in [2.24, 2.45) is 0 Å². The van der Waals surface area contributed by atoms with Crippen LogP contribution in [0.3, 0.4) is 0 Å². The molecule has 0 spiro atoms. The van der Waals surface area contributed by atoms with E-state index >= 15 is 0 Å². The second-order valence-corrected chi connectivity index (χ2v) is 2.84. The average Bonchev–Trinajstić information content (AvgIpc) is 2.27. The zero-order valence-electron chi connectivity index (χ0n) is 8.43. The molecule has 82 valence electrons. The van der Waals surface area contributed by atoms with Gasteiger partial charge in [-0.3, -0.25) is 4.79 Å². The van der Waals surface area contributed by atoms with Crippen molar-refractivity contribution in [2.45, 2.75) is 6.29 Å². The molecule has 0 aliphatic rings. The first kappa shape index (κ1) is 11.5. The number of hydrogen-bond acceptors (Lipinski definition) is 5. The molecule has 0 radical (unpaired) electrons. The maximum Gasteiger partial charge on any atom is 0.218 e. The monoisotopic (exact) mass is 212 g/mol. The first-order valence-corrected chi connectivity index (χ1v) is 4.22. The smallest absolute Gasteiger partial charge is 0.218 e. The summed E-state index contributed by atoms with van der Waals surface area (Å²) in [5, 5.41) is 17.5. The number of benzene rings is 1. The van der Waals surface area contributed by atoms with Gasteiger partial charge in [-0.2, -0.15) is 0 Å². The Bertz CT molecular complexity index is 337. The van der Waals surface area contributed by atoms with Gasteiger partial charge in [0.2, 0.25) is 12.1 Å². The Hall–Kier alpha value is -1.59. The molecule has 0 heterocycles. The predicted molar refractivity (Wildman–Crippen MR) is 52.1 cm³/mol. The van der Waals surface area contributed by atoms with Crippen LogP contribution in [0, 0.1) is 0 Å². The lowest BCUT2D eigenvalue weighted by Gasteiger charge is -2.08. The highest BCUT2D eigenvalue weighted by Crippen LogP contribution is 2.23. The highest BCUT2D eigenvalue weighted by atomic mass is 16.5. The molecule has 0 aliphatic heterocycles. The van der Waals surface area contributed by atoms with Gasteiger partial charge < -0.3 is 19.7 Å². The number of ether oxygens (including phenoxy) is 2. The lowest BCUT2D eigenvalue weighted by atomic mass is 10.1. The quantitative estimate of drug-likeness (QED) is 0.550. The van der Waals surface area contributed by atoms with E-state index in [1.807, 2.05) is 0 Å². The Morgan fingerprint density at radius 2 is 1.60 bits per heavy atom. The fourth-order valence-electron chi connectivity index (χ4n) is 1.10. The summed E-state index contributed by atoms with van der Waals surface area (Å²) in [6.45, 7) is 0. The Morgan fingerprint density at radius 3 is 1.93 bits per heavy atom. The van der Waals surface area contributed by atoms with E-state index in [2.05, 4.69) is 0 Å². The van der Waals surface area contributed by atoms with E-state index in [1.165, 1.54) is 26.4 Å². The van der Waals surface area contributed by atoms with Gasteiger partial charge in [-0.25, -0.2) is 0 Å². The van der Waals surface area contributed by atoms with Crippen LogP contribution in [-0.4, -0.2) is 36.5 Å².